The maximum absolute atomic E-state index is 12.7. The van der Waals surface area contributed by atoms with Crippen molar-refractivity contribution in [3.05, 3.63) is 105 Å². The maximum atomic E-state index is 12.7. The van der Waals surface area contributed by atoms with Gasteiger partial charge in [0.1, 0.15) is 5.69 Å². The van der Waals surface area contributed by atoms with E-state index in [2.05, 4.69) is 20.6 Å². The standard InChI is InChI=1S/C24H26N6O3/c1-17-11-20(27-26-17)12-25-24(32)21-15-30(28-22(21)16-33-2)14-19-8-6-18(7-9-19)13-29-10-4-3-5-23(29)31/h3-11,15H,12-14,16H2,1-2H3,(H,25,32)(H,26,27). The molecule has 170 valence electrons. The largest absolute Gasteiger partial charge is 0.378 e. The van der Waals surface area contributed by atoms with Crippen LogP contribution in [0, 0.1) is 6.92 Å². The van der Waals surface area contributed by atoms with E-state index in [0.717, 1.165) is 22.5 Å². The minimum atomic E-state index is -0.224. The molecule has 0 spiro atoms. The highest BCUT2D eigenvalue weighted by Gasteiger charge is 2.17. The summed E-state index contributed by atoms with van der Waals surface area (Å²) in [5.74, 6) is -0.224. The molecule has 0 saturated heterocycles. The smallest absolute Gasteiger partial charge is 0.255 e. The van der Waals surface area contributed by atoms with E-state index in [1.54, 1.807) is 40.9 Å². The highest BCUT2D eigenvalue weighted by atomic mass is 16.5. The van der Waals surface area contributed by atoms with E-state index in [4.69, 9.17) is 4.74 Å². The first-order chi connectivity index (χ1) is 16.0. The number of H-pyrrole nitrogens is 1. The number of pyridine rings is 1. The van der Waals surface area contributed by atoms with E-state index < -0.39 is 0 Å². The van der Waals surface area contributed by atoms with Crippen molar-refractivity contribution in [2.75, 3.05) is 7.11 Å². The average Bonchev–Trinajstić information content (AvgIpc) is 3.41. The lowest BCUT2D eigenvalue weighted by molar-refractivity contribution is 0.0945. The Morgan fingerprint density at radius 3 is 2.55 bits per heavy atom. The van der Waals surface area contributed by atoms with Gasteiger partial charge in [-0.2, -0.15) is 10.2 Å². The molecule has 0 saturated carbocycles. The zero-order chi connectivity index (χ0) is 23.2. The molecule has 0 bridgehead atoms. The maximum Gasteiger partial charge on any atom is 0.255 e. The second-order valence-electron chi connectivity index (χ2n) is 7.83. The number of carbonyl (C=O) groups excluding carboxylic acids is 1. The predicted octanol–water partition coefficient (Wildman–Crippen LogP) is 2.25. The van der Waals surface area contributed by atoms with Crippen LogP contribution in [-0.4, -0.2) is 37.6 Å². The molecule has 0 aliphatic heterocycles. The summed E-state index contributed by atoms with van der Waals surface area (Å²) in [6, 6.07) is 15.0. The number of ether oxygens (including phenoxy) is 1. The van der Waals surface area contributed by atoms with Gasteiger partial charge in [0.25, 0.3) is 11.5 Å². The molecule has 9 nitrogen and oxygen atoms in total. The van der Waals surface area contributed by atoms with Crippen molar-refractivity contribution in [2.45, 2.75) is 33.2 Å². The number of benzene rings is 1. The number of carbonyl (C=O) groups is 1. The molecule has 9 heteroatoms. The van der Waals surface area contributed by atoms with Crippen molar-refractivity contribution >= 4 is 5.91 Å². The van der Waals surface area contributed by atoms with E-state index in [-0.39, 0.29) is 18.1 Å². The lowest BCUT2D eigenvalue weighted by Crippen LogP contribution is -2.23. The minimum Gasteiger partial charge on any atom is -0.378 e. The van der Waals surface area contributed by atoms with Crippen molar-refractivity contribution < 1.29 is 9.53 Å². The quantitative estimate of drug-likeness (QED) is 0.410. The number of amides is 1. The van der Waals surface area contributed by atoms with Gasteiger partial charge in [-0.05, 0) is 30.2 Å². The van der Waals surface area contributed by atoms with E-state index in [9.17, 15) is 9.59 Å². The van der Waals surface area contributed by atoms with Gasteiger partial charge in [-0.3, -0.25) is 19.4 Å². The first-order valence-corrected chi connectivity index (χ1v) is 10.6. The van der Waals surface area contributed by atoms with Gasteiger partial charge in [-0.15, -0.1) is 0 Å². The minimum absolute atomic E-state index is 0.0305. The fourth-order valence-electron chi connectivity index (χ4n) is 3.53. The molecule has 1 amide bonds. The number of nitrogens with zero attached hydrogens (tertiary/aromatic N) is 4. The van der Waals surface area contributed by atoms with Crippen molar-refractivity contribution in [3.8, 4) is 0 Å². The van der Waals surface area contributed by atoms with Crippen LogP contribution in [-0.2, 0) is 31.0 Å². The number of aryl methyl sites for hydroxylation is 1. The van der Waals surface area contributed by atoms with Crippen LogP contribution in [0.15, 0.2) is 65.7 Å². The van der Waals surface area contributed by atoms with Crippen LogP contribution in [0.5, 0.6) is 0 Å². The van der Waals surface area contributed by atoms with Gasteiger partial charge in [-0.1, -0.05) is 30.3 Å². The molecule has 0 atom stereocenters. The molecule has 0 unspecified atom stereocenters. The highest BCUT2D eigenvalue weighted by Crippen LogP contribution is 2.12. The molecule has 0 aliphatic rings. The van der Waals surface area contributed by atoms with Crippen LogP contribution < -0.4 is 10.9 Å². The Bertz CT molecular complexity index is 1290. The summed E-state index contributed by atoms with van der Waals surface area (Å²) in [5, 5.41) is 14.4. The highest BCUT2D eigenvalue weighted by molar-refractivity contribution is 5.95. The Labute approximate surface area is 191 Å². The molecule has 0 aliphatic carbocycles. The molecular weight excluding hydrogens is 420 g/mol. The third-order valence-corrected chi connectivity index (χ3v) is 5.17. The van der Waals surface area contributed by atoms with Gasteiger partial charge < -0.3 is 14.6 Å². The molecule has 0 radical (unpaired) electrons. The van der Waals surface area contributed by atoms with E-state index >= 15 is 0 Å². The van der Waals surface area contributed by atoms with Crippen molar-refractivity contribution in [1.29, 1.82) is 0 Å². The lowest BCUT2D eigenvalue weighted by atomic mass is 10.1. The summed E-state index contributed by atoms with van der Waals surface area (Å²) in [7, 11) is 1.57. The summed E-state index contributed by atoms with van der Waals surface area (Å²) in [4.78, 5) is 24.7. The molecule has 3 heterocycles. The molecule has 2 N–H and O–H groups in total. The molecule has 0 fully saturated rings. The van der Waals surface area contributed by atoms with Crippen molar-refractivity contribution in [1.82, 2.24) is 29.9 Å². The first kappa shape index (κ1) is 22.2. The number of aromatic amines is 1. The molecule has 4 rings (SSSR count). The Morgan fingerprint density at radius 2 is 1.88 bits per heavy atom. The van der Waals surface area contributed by atoms with Gasteiger partial charge in [0.05, 0.1) is 37.5 Å². The molecular formula is C24H26N6O3. The van der Waals surface area contributed by atoms with Crippen molar-refractivity contribution in [2.24, 2.45) is 0 Å². The Hall–Kier alpha value is -3.98. The fraction of sp³-hybridized carbons (Fsp3) is 0.250. The molecule has 33 heavy (non-hydrogen) atoms. The first-order valence-electron chi connectivity index (χ1n) is 10.6. The van der Waals surface area contributed by atoms with Crippen LogP contribution in [0.4, 0.5) is 0 Å². The number of nitrogens with one attached hydrogen (secondary N) is 2. The zero-order valence-corrected chi connectivity index (χ0v) is 18.6. The van der Waals surface area contributed by atoms with E-state index in [1.807, 2.05) is 43.3 Å². The summed E-state index contributed by atoms with van der Waals surface area (Å²) in [5.41, 5.74) is 4.79. The van der Waals surface area contributed by atoms with Crippen LogP contribution >= 0.6 is 0 Å². The van der Waals surface area contributed by atoms with Gasteiger partial charge in [-0.25, -0.2) is 0 Å². The second-order valence-corrected chi connectivity index (χ2v) is 7.83. The normalized spacial score (nSPS) is 11.0. The van der Waals surface area contributed by atoms with Crippen molar-refractivity contribution in [3.63, 3.8) is 0 Å². The number of rotatable bonds is 9. The van der Waals surface area contributed by atoms with Crippen LogP contribution in [0.25, 0.3) is 0 Å². The Kier molecular flexibility index (Phi) is 6.80. The van der Waals surface area contributed by atoms with Crippen LogP contribution in [0.3, 0.4) is 0 Å². The number of aromatic nitrogens is 5. The zero-order valence-electron chi connectivity index (χ0n) is 18.6. The molecule has 1 aromatic carbocycles. The summed E-state index contributed by atoms with van der Waals surface area (Å²) in [6.07, 6.45) is 3.51. The van der Waals surface area contributed by atoms with E-state index in [1.165, 1.54) is 0 Å². The molecule has 4 aromatic rings. The van der Waals surface area contributed by atoms with Gasteiger partial charge in [0.2, 0.25) is 0 Å². The average molecular weight is 447 g/mol. The topological polar surface area (TPSA) is 107 Å². The van der Waals surface area contributed by atoms with E-state index in [0.29, 0.717) is 30.9 Å². The van der Waals surface area contributed by atoms with Gasteiger partial charge in [0.15, 0.2) is 0 Å². The Balaban J connectivity index is 1.43. The van der Waals surface area contributed by atoms with Crippen LogP contribution in [0.1, 0.15) is 38.6 Å². The van der Waals surface area contributed by atoms with Gasteiger partial charge >= 0.3 is 0 Å². The number of hydrogen-bond donors (Lipinski definition) is 2. The van der Waals surface area contributed by atoms with Gasteiger partial charge in [0, 0.05) is 31.3 Å². The summed E-state index contributed by atoms with van der Waals surface area (Å²) in [6.45, 7) is 3.50. The fourth-order valence-corrected chi connectivity index (χ4v) is 3.53. The summed E-state index contributed by atoms with van der Waals surface area (Å²) >= 11 is 0. The lowest BCUT2D eigenvalue weighted by Gasteiger charge is -2.07. The number of methoxy groups -OCH3 is 1. The molecule has 3 aromatic heterocycles. The SMILES string of the molecule is COCc1nn(Cc2ccc(Cn3ccccc3=O)cc2)cc1C(=O)NCc1cc(C)[nH]n1. The Morgan fingerprint density at radius 1 is 1.12 bits per heavy atom. The third-order valence-electron chi connectivity index (χ3n) is 5.17. The second kappa shape index (κ2) is 10.1. The number of hydrogen-bond acceptors (Lipinski definition) is 5. The monoisotopic (exact) mass is 446 g/mol. The predicted molar refractivity (Wildman–Crippen MR) is 123 cm³/mol. The third kappa shape index (κ3) is 5.64. The van der Waals surface area contributed by atoms with Crippen LogP contribution in [0.2, 0.25) is 0 Å². The summed E-state index contributed by atoms with van der Waals surface area (Å²) < 4.78 is 8.63.